The lowest BCUT2D eigenvalue weighted by Crippen LogP contribution is -2.38. The zero-order valence-electron chi connectivity index (χ0n) is 20.8. The van der Waals surface area contributed by atoms with Crippen LogP contribution in [-0.4, -0.2) is 26.8 Å². The van der Waals surface area contributed by atoms with Crippen molar-refractivity contribution in [1.29, 1.82) is 0 Å². The van der Waals surface area contributed by atoms with E-state index in [9.17, 15) is 18.0 Å². The molecule has 0 heterocycles. The number of hydrogen-bond acceptors (Lipinski definition) is 4. The molecular formula is C29H25Cl2N3O4S. The summed E-state index contributed by atoms with van der Waals surface area (Å²) < 4.78 is 28.1. The highest BCUT2D eigenvalue weighted by atomic mass is 35.5. The second kappa shape index (κ2) is 12.3. The molecule has 0 saturated carbocycles. The summed E-state index contributed by atoms with van der Waals surface area (Å²) in [6.45, 7) is 1.24. The van der Waals surface area contributed by atoms with E-state index in [4.69, 9.17) is 23.2 Å². The third kappa shape index (κ3) is 6.78. The Balaban J connectivity index is 1.60. The molecule has 4 aromatic carbocycles. The second-order valence-corrected chi connectivity index (χ2v) is 11.3. The van der Waals surface area contributed by atoms with Crippen molar-refractivity contribution >= 4 is 56.4 Å². The molecule has 0 spiro atoms. The molecule has 0 aliphatic rings. The molecule has 4 aromatic rings. The van der Waals surface area contributed by atoms with Crippen LogP contribution in [0.5, 0.6) is 0 Å². The van der Waals surface area contributed by atoms with Crippen LogP contribution < -0.4 is 14.9 Å². The number of halogens is 2. The van der Waals surface area contributed by atoms with Gasteiger partial charge in [-0.25, -0.2) is 8.42 Å². The number of carbonyl (C=O) groups excluding carboxylic acids is 2. The third-order valence-electron chi connectivity index (χ3n) is 5.89. The van der Waals surface area contributed by atoms with Crippen molar-refractivity contribution in [3.63, 3.8) is 0 Å². The Morgan fingerprint density at radius 2 is 1.46 bits per heavy atom. The van der Waals surface area contributed by atoms with Crippen LogP contribution in [0.1, 0.15) is 28.9 Å². The number of benzene rings is 4. The average Bonchev–Trinajstić information content (AvgIpc) is 2.94. The highest BCUT2D eigenvalue weighted by Gasteiger charge is 2.29. The van der Waals surface area contributed by atoms with E-state index in [2.05, 4.69) is 10.6 Å². The van der Waals surface area contributed by atoms with Crippen LogP contribution in [0.15, 0.2) is 108 Å². The number of anilines is 2. The fourth-order valence-electron chi connectivity index (χ4n) is 3.91. The number of hydrogen-bond donors (Lipinski definition) is 2. The summed E-state index contributed by atoms with van der Waals surface area (Å²) in [4.78, 5) is 26.3. The first kappa shape index (κ1) is 28.2. The largest absolute Gasteiger partial charge is 0.345 e. The molecule has 0 aliphatic heterocycles. The van der Waals surface area contributed by atoms with Crippen LogP contribution in [0.25, 0.3) is 0 Å². The Morgan fingerprint density at radius 1 is 0.846 bits per heavy atom. The standard InChI is InChI=1S/C29H25Cl2N3O4S/c1-20(21-10-4-2-5-11-21)32-29(36)24-14-8-9-15-26(24)33-28(35)19-34(27-18-22(30)16-17-25(27)31)39(37,38)23-12-6-3-7-13-23/h2-18,20H,19H2,1H3,(H,32,36)(H,33,35)/t20-/m0/s1. The molecule has 0 radical (unpaired) electrons. The molecule has 0 bridgehead atoms. The van der Waals surface area contributed by atoms with Gasteiger partial charge in [-0.3, -0.25) is 13.9 Å². The Bertz CT molecular complexity index is 1580. The van der Waals surface area contributed by atoms with E-state index < -0.39 is 28.4 Å². The molecule has 0 aromatic heterocycles. The molecule has 200 valence electrons. The number of nitrogens with one attached hydrogen (secondary N) is 2. The molecule has 0 saturated heterocycles. The SMILES string of the molecule is C[C@H](NC(=O)c1ccccc1NC(=O)CN(c1cc(Cl)ccc1Cl)S(=O)(=O)c1ccccc1)c1ccccc1. The van der Waals surface area contributed by atoms with Crippen molar-refractivity contribution in [2.75, 3.05) is 16.2 Å². The maximum Gasteiger partial charge on any atom is 0.264 e. The van der Waals surface area contributed by atoms with Gasteiger partial charge in [0, 0.05) is 5.02 Å². The number of rotatable bonds is 9. The van der Waals surface area contributed by atoms with Crippen LogP contribution >= 0.6 is 23.2 Å². The van der Waals surface area contributed by atoms with Crippen LogP contribution in [0.3, 0.4) is 0 Å². The molecule has 1 atom stereocenters. The minimum atomic E-state index is -4.20. The lowest BCUT2D eigenvalue weighted by atomic mass is 10.1. The number of carbonyl (C=O) groups is 2. The van der Waals surface area contributed by atoms with Gasteiger partial charge >= 0.3 is 0 Å². The first-order valence-corrected chi connectivity index (χ1v) is 14.1. The molecule has 2 N–H and O–H groups in total. The Kier molecular flexibility index (Phi) is 8.91. The van der Waals surface area contributed by atoms with Crippen molar-refractivity contribution < 1.29 is 18.0 Å². The van der Waals surface area contributed by atoms with E-state index in [0.717, 1.165) is 9.87 Å². The summed E-state index contributed by atoms with van der Waals surface area (Å²) in [5.74, 6) is -1.07. The summed E-state index contributed by atoms with van der Waals surface area (Å²) in [6, 6.07) is 27.7. The first-order chi connectivity index (χ1) is 18.7. The number of nitrogens with zero attached hydrogens (tertiary/aromatic N) is 1. The average molecular weight is 583 g/mol. The van der Waals surface area contributed by atoms with Gasteiger partial charge in [0.2, 0.25) is 5.91 Å². The fourth-order valence-corrected chi connectivity index (χ4v) is 5.79. The van der Waals surface area contributed by atoms with E-state index in [0.29, 0.717) is 0 Å². The summed E-state index contributed by atoms with van der Waals surface area (Å²) in [6.07, 6.45) is 0. The van der Waals surface area contributed by atoms with Crippen LogP contribution in [0.4, 0.5) is 11.4 Å². The maximum atomic E-state index is 13.6. The Morgan fingerprint density at radius 3 is 2.15 bits per heavy atom. The van der Waals surface area contributed by atoms with Crippen molar-refractivity contribution in [3.05, 3.63) is 124 Å². The third-order valence-corrected chi connectivity index (χ3v) is 8.22. The van der Waals surface area contributed by atoms with Gasteiger partial charge in [-0.15, -0.1) is 0 Å². The summed E-state index contributed by atoms with van der Waals surface area (Å²) in [5, 5.41) is 5.95. The van der Waals surface area contributed by atoms with Crippen LogP contribution in [0.2, 0.25) is 10.0 Å². The highest BCUT2D eigenvalue weighted by molar-refractivity contribution is 7.92. The lowest BCUT2D eigenvalue weighted by molar-refractivity contribution is -0.114. The minimum absolute atomic E-state index is 0.0245. The number of amides is 2. The summed E-state index contributed by atoms with van der Waals surface area (Å²) in [5.41, 5.74) is 1.43. The fraction of sp³-hybridized carbons (Fsp3) is 0.103. The molecule has 10 heteroatoms. The van der Waals surface area contributed by atoms with Crippen molar-refractivity contribution in [2.24, 2.45) is 0 Å². The predicted octanol–water partition coefficient (Wildman–Crippen LogP) is 6.32. The van der Waals surface area contributed by atoms with Gasteiger partial charge < -0.3 is 10.6 Å². The maximum absolute atomic E-state index is 13.6. The van der Waals surface area contributed by atoms with Gasteiger partial charge in [0.15, 0.2) is 0 Å². The molecule has 2 amide bonds. The molecule has 0 unspecified atom stereocenters. The quantitative estimate of drug-likeness (QED) is 0.242. The van der Waals surface area contributed by atoms with Crippen LogP contribution in [0, 0.1) is 0 Å². The van der Waals surface area contributed by atoms with E-state index in [1.165, 1.54) is 30.3 Å². The second-order valence-electron chi connectivity index (χ2n) is 8.62. The van der Waals surface area contributed by atoms with Crippen LogP contribution in [-0.2, 0) is 14.8 Å². The van der Waals surface area contributed by atoms with Gasteiger partial charge in [-0.1, -0.05) is 83.9 Å². The van der Waals surface area contributed by atoms with E-state index in [1.54, 1.807) is 42.5 Å². The van der Waals surface area contributed by atoms with Crippen molar-refractivity contribution in [3.8, 4) is 0 Å². The zero-order valence-corrected chi connectivity index (χ0v) is 23.2. The van der Waals surface area contributed by atoms with E-state index >= 15 is 0 Å². The monoisotopic (exact) mass is 581 g/mol. The molecule has 39 heavy (non-hydrogen) atoms. The highest BCUT2D eigenvalue weighted by Crippen LogP contribution is 2.33. The zero-order chi connectivity index (χ0) is 28.0. The molecule has 7 nitrogen and oxygen atoms in total. The molecular weight excluding hydrogens is 557 g/mol. The topological polar surface area (TPSA) is 95.6 Å². The lowest BCUT2D eigenvalue weighted by Gasteiger charge is -2.25. The summed E-state index contributed by atoms with van der Waals surface area (Å²) in [7, 11) is -4.20. The first-order valence-electron chi connectivity index (χ1n) is 11.9. The Labute approximate surface area is 237 Å². The van der Waals surface area contributed by atoms with E-state index in [-0.39, 0.29) is 37.9 Å². The van der Waals surface area contributed by atoms with E-state index in [1.807, 2.05) is 37.3 Å². The number of sulfonamides is 1. The van der Waals surface area contributed by atoms with Gasteiger partial charge in [0.25, 0.3) is 15.9 Å². The van der Waals surface area contributed by atoms with Gasteiger partial charge in [0.1, 0.15) is 6.54 Å². The van der Waals surface area contributed by atoms with Gasteiger partial charge in [0.05, 0.1) is 32.9 Å². The van der Waals surface area contributed by atoms with Crippen molar-refractivity contribution in [2.45, 2.75) is 17.9 Å². The molecule has 0 fully saturated rings. The Hall–Kier alpha value is -3.85. The molecule has 4 rings (SSSR count). The van der Waals surface area contributed by atoms with Gasteiger partial charge in [-0.05, 0) is 55.0 Å². The normalized spacial score (nSPS) is 11.9. The smallest absolute Gasteiger partial charge is 0.264 e. The van der Waals surface area contributed by atoms with Gasteiger partial charge in [-0.2, -0.15) is 0 Å². The molecule has 0 aliphatic carbocycles. The predicted molar refractivity (Wildman–Crippen MR) is 155 cm³/mol. The summed E-state index contributed by atoms with van der Waals surface area (Å²) >= 11 is 12.5. The minimum Gasteiger partial charge on any atom is -0.345 e. The van der Waals surface area contributed by atoms with Crippen molar-refractivity contribution in [1.82, 2.24) is 5.32 Å². The number of para-hydroxylation sites is 1.